The van der Waals surface area contributed by atoms with Crippen molar-refractivity contribution in [2.24, 2.45) is 0 Å². The van der Waals surface area contributed by atoms with Gasteiger partial charge in [0.25, 0.3) is 0 Å². The van der Waals surface area contributed by atoms with Gasteiger partial charge in [-0.25, -0.2) is 0 Å². The smallest absolute Gasteiger partial charge is 0.00259 e. The summed E-state index contributed by atoms with van der Waals surface area (Å²) in [4.78, 5) is 0. The lowest BCUT2D eigenvalue weighted by Crippen LogP contribution is -1.92. The van der Waals surface area contributed by atoms with Crippen LogP contribution in [0.1, 0.15) is 5.56 Å². The molecule has 0 amide bonds. The SMILES string of the molecule is Cc1ccc(-c2ccc3c(-c4ccc5ccccc5c4)c4ccccc4c(-c4ccc5ccccc5c4)c3c2)cc1. The Morgan fingerprint density at radius 1 is 0.293 bits per heavy atom. The fraction of sp³-hybridized carbons (Fsp3) is 0.0244. The van der Waals surface area contributed by atoms with Crippen LogP contribution in [0.3, 0.4) is 0 Å². The number of fused-ring (bicyclic) bond motifs is 4. The van der Waals surface area contributed by atoms with Gasteiger partial charge < -0.3 is 0 Å². The predicted octanol–water partition coefficient (Wildman–Crippen LogP) is 11.6. The summed E-state index contributed by atoms with van der Waals surface area (Å²) in [5.74, 6) is 0. The van der Waals surface area contributed by atoms with E-state index in [1.54, 1.807) is 0 Å². The Balaban J connectivity index is 1.50. The molecule has 8 aromatic rings. The summed E-state index contributed by atoms with van der Waals surface area (Å²) in [7, 11) is 0. The largest absolute Gasteiger partial charge is 0.0616 e. The first kappa shape index (κ1) is 23.7. The van der Waals surface area contributed by atoms with Crippen molar-refractivity contribution in [3.63, 3.8) is 0 Å². The molecule has 0 bridgehead atoms. The Bertz CT molecular complexity index is 2250. The van der Waals surface area contributed by atoms with Gasteiger partial charge >= 0.3 is 0 Å². The van der Waals surface area contributed by atoms with E-state index in [2.05, 4.69) is 159 Å². The fourth-order valence-electron chi connectivity index (χ4n) is 6.42. The van der Waals surface area contributed by atoms with Crippen molar-refractivity contribution in [2.45, 2.75) is 6.92 Å². The first-order chi connectivity index (χ1) is 20.2. The predicted molar refractivity (Wildman–Crippen MR) is 178 cm³/mol. The van der Waals surface area contributed by atoms with Crippen LogP contribution in [0.5, 0.6) is 0 Å². The van der Waals surface area contributed by atoms with E-state index >= 15 is 0 Å². The van der Waals surface area contributed by atoms with Crippen molar-refractivity contribution in [3.8, 4) is 33.4 Å². The molecule has 0 aliphatic carbocycles. The molecule has 0 heterocycles. The van der Waals surface area contributed by atoms with Gasteiger partial charge in [0.2, 0.25) is 0 Å². The molecule has 0 saturated heterocycles. The number of hydrogen-bond acceptors (Lipinski definition) is 0. The summed E-state index contributed by atoms with van der Waals surface area (Å²) >= 11 is 0. The first-order valence-electron chi connectivity index (χ1n) is 14.3. The molecule has 0 aliphatic rings. The minimum atomic E-state index is 1.24. The van der Waals surface area contributed by atoms with E-state index < -0.39 is 0 Å². The molecule has 0 N–H and O–H groups in total. The molecular weight excluding hydrogens is 492 g/mol. The Morgan fingerprint density at radius 2 is 0.732 bits per heavy atom. The maximum Gasteiger partial charge on any atom is -0.00259 e. The number of benzene rings is 8. The van der Waals surface area contributed by atoms with Gasteiger partial charge in [0.15, 0.2) is 0 Å². The van der Waals surface area contributed by atoms with Crippen LogP contribution in [-0.4, -0.2) is 0 Å². The van der Waals surface area contributed by atoms with E-state index in [4.69, 9.17) is 0 Å². The van der Waals surface area contributed by atoms with Crippen molar-refractivity contribution in [3.05, 3.63) is 157 Å². The minimum absolute atomic E-state index is 1.24. The van der Waals surface area contributed by atoms with Gasteiger partial charge in [-0.3, -0.25) is 0 Å². The molecule has 0 fully saturated rings. The molecule has 0 atom stereocenters. The van der Waals surface area contributed by atoms with Crippen molar-refractivity contribution >= 4 is 43.1 Å². The third-order valence-corrected chi connectivity index (χ3v) is 8.49. The summed E-state index contributed by atoms with van der Waals surface area (Å²) < 4.78 is 0. The van der Waals surface area contributed by atoms with Crippen molar-refractivity contribution < 1.29 is 0 Å². The van der Waals surface area contributed by atoms with Crippen LogP contribution in [0.25, 0.3) is 76.5 Å². The fourth-order valence-corrected chi connectivity index (χ4v) is 6.42. The summed E-state index contributed by atoms with van der Waals surface area (Å²) in [6.45, 7) is 2.14. The van der Waals surface area contributed by atoms with Crippen LogP contribution in [0.2, 0.25) is 0 Å². The van der Waals surface area contributed by atoms with E-state index in [-0.39, 0.29) is 0 Å². The Morgan fingerprint density at radius 3 is 1.32 bits per heavy atom. The molecule has 8 aromatic carbocycles. The number of rotatable bonds is 3. The average molecular weight is 521 g/mol. The molecule has 0 aromatic heterocycles. The van der Waals surface area contributed by atoms with Crippen LogP contribution < -0.4 is 0 Å². The van der Waals surface area contributed by atoms with E-state index in [9.17, 15) is 0 Å². The quantitative estimate of drug-likeness (QED) is 0.203. The van der Waals surface area contributed by atoms with Crippen molar-refractivity contribution in [2.75, 3.05) is 0 Å². The van der Waals surface area contributed by atoms with Gasteiger partial charge in [-0.05, 0) is 102 Å². The molecule has 8 rings (SSSR count). The maximum atomic E-state index is 2.40. The van der Waals surface area contributed by atoms with Crippen LogP contribution >= 0.6 is 0 Å². The third-order valence-electron chi connectivity index (χ3n) is 8.49. The summed E-state index contributed by atoms with van der Waals surface area (Å²) in [5.41, 5.74) is 8.83. The number of aryl methyl sites for hydroxylation is 1. The van der Waals surface area contributed by atoms with Gasteiger partial charge in [0, 0.05) is 0 Å². The summed E-state index contributed by atoms with van der Waals surface area (Å²) in [6.07, 6.45) is 0. The van der Waals surface area contributed by atoms with E-state index in [0.717, 1.165) is 0 Å². The van der Waals surface area contributed by atoms with Gasteiger partial charge in [0.05, 0.1) is 0 Å². The normalized spacial score (nSPS) is 11.5. The van der Waals surface area contributed by atoms with E-state index in [1.165, 1.54) is 82.0 Å². The van der Waals surface area contributed by atoms with E-state index in [1.807, 2.05) is 0 Å². The highest BCUT2D eigenvalue weighted by molar-refractivity contribution is 6.22. The van der Waals surface area contributed by atoms with Gasteiger partial charge in [-0.15, -0.1) is 0 Å². The molecule has 0 unspecified atom stereocenters. The monoisotopic (exact) mass is 520 g/mol. The zero-order chi connectivity index (χ0) is 27.3. The van der Waals surface area contributed by atoms with Gasteiger partial charge in [-0.2, -0.15) is 0 Å². The third kappa shape index (κ3) is 4.00. The molecule has 41 heavy (non-hydrogen) atoms. The second-order valence-electron chi connectivity index (χ2n) is 11.0. The highest BCUT2D eigenvalue weighted by Crippen LogP contribution is 2.45. The summed E-state index contributed by atoms with van der Waals surface area (Å²) in [5, 5.41) is 10.2. The lowest BCUT2D eigenvalue weighted by Gasteiger charge is -2.19. The minimum Gasteiger partial charge on any atom is -0.0616 e. The molecule has 0 aliphatic heterocycles. The number of hydrogen-bond donors (Lipinski definition) is 0. The molecule has 0 heteroatoms. The maximum absolute atomic E-state index is 2.40. The van der Waals surface area contributed by atoms with E-state index in [0.29, 0.717) is 0 Å². The lowest BCUT2D eigenvalue weighted by molar-refractivity contribution is 1.47. The molecule has 0 radical (unpaired) electrons. The standard InChI is InChI=1S/C41H28/c1-27-14-16-30(17-15-27)33-22-23-38-39(26-33)41(35-21-19-29-9-3-5-11-32(29)25-35)37-13-7-6-12-36(37)40(38)34-20-18-28-8-2-4-10-31(28)24-34/h2-26H,1H3. The zero-order valence-corrected chi connectivity index (χ0v) is 22.9. The second-order valence-corrected chi connectivity index (χ2v) is 11.0. The van der Waals surface area contributed by atoms with Gasteiger partial charge in [0.1, 0.15) is 0 Å². The molecular formula is C41H28. The van der Waals surface area contributed by atoms with Crippen LogP contribution in [-0.2, 0) is 0 Å². The van der Waals surface area contributed by atoms with Gasteiger partial charge in [-0.1, -0.05) is 139 Å². The Hall–Kier alpha value is -5.20. The molecule has 192 valence electrons. The molecule has 0 spiro atoms. The topological polar surface area (TPSA) is 0 Å². The second kappa shape index (κ2) is 9.47. The zero-order valence-electron chi connectivity index (χ0n) is 22.9. The highest BCUT2D eigenvalue weighted by Gasteiger charge is 2.18. The van der Waals surface area contributed by atoms with Crippen molar-refractivity contribution in [1.82, 2.24) is 0 Å². The molecule has 0 nitrogen and oxygen atoms in total. The Labute approximate surface area is 240 Å². The van der Waals surface area contributed by atoms with Crippen LogP contribution in [0.15, 0.2) is 152 Å². The first-order valence-corrected chi connectivity index (χ1v) is 14.3. The van der Waals surface area contributed by atoms with Crippen LogP contribution in [0, 0.1) is 6.92 Å². The summed E-state index contributed by atoms with van der Waals surface area (Å²) in [6, 6.07) is 55.9. The van der Waals surface area contributed by atoms with Crippen molar-refractivity contribution in [1.29, 1.82) is 0 Å². The average Bonchev–Trinajstić information content (AvgIpc) is 3.03. The molecule has 0 saturated carbocycles. The van der Waals surface area contributed by atoms with Crippen LogP contribution in [0.4, 0.5) is 0 Å². The Kier molecular flexibility index (Phi) is 5.47. The highest BCUT2D eigenvalue weighted by atomic mass is 14.2. The lowest BCUT2D eigenvalue weighted by atomic mass is 9.84.